The second-order valence-electron chi connectivity index (χ2n) is 4.99. The first kappa shape index (κ1) is 14.9. The molecule has 0 radical (unpaired) electrons. The van der Waals surface area contributed by atoms with Gasteiger partial charge in [0.15, 0.2) is 0 Å². The summed E-state index contributed by atoms with van der Waals surface area (Å²) in [6.07, 6.45) is 0.559. The number of rotatable bonds is 6. The number of carbonyl (C=O) groups is 2. The lowest BCUT2D eigenvalue weighted by atomic mass is 10.0. The quantitative estimate of drug-likeness (QED) is 0.566. The highest BCUT2D eigenvalue weighted by Gasteiger charge is 2.21. The molecule has 0 bridgehead atoms. The van der Waals surface area contributed by atoms with E-state index in [2.05, 4.69) is 10.6 Å². The number of hydrogen-bond donors (Lipinski definition) is 3. The van der Waals surface area contributed by atoms with E-state index >= 15 is 0 Å². The molecule has 6 heteroatoms. The molecule has 104 valence electrons. The van der Waals surface area contributed by atoms with Gasteiger partial charge in [-0.2, -0.15) is 0 Å². The Morgan fingerprint density at radius 1 is 1.56 bits per heavy atom. The molecule has 1 unspecified atom stereocenters. The Morgan fingerprint density at radius 2 is 2.28 bits per heavy atom. The second-order valence-corrected chi connectivity index (χ2v) is 4.99. The van der Waals surface area contributed by atoms with Gasteiger partial charge < -0.3 is 15.7 Å². The lowest BCUT2D eigenvalue weighted by Crippen LogP contribution is -2.52. The molecular weight excluding hydrogens is 234 g/mol. The zero-order chi connectivity index (χ0) is 13.5. The van der Waals surface area contributed by atoms with Crippen LogP contribution in [0.3, 0.4) is 0 Å². The maximum absolute atomic E-state index is 11.8. The van der Waals surface area contributed by atoms with Crippen LogP contribution < -0.4 is 10.6 Å². The van der Waals surface area contributed by atoms with Crippen LogP contribution in [0.5, 0.6) is 0 Å². The number of carbonyl (C=O) groups excluding carboxylic acids is 2. The van der Waals surface area contributed by atoms with E-state index in [0.29, 0.717) is 19.5 Å². The molecule has 0 aromatic heterocycles. The van der Waals surface area contributed by atoms with Crippen LogP contribution in [0.1, 0.15) is 20.3 Å². The van der Waals surface area contributed by atoms with Crippen molar-refractivity contribution in [3.8, 4) is 0 Å². The minimum absolute atomic E-state index is 0.0129. The van der Waals surface area contributed by atoms with Gasteiger partial charge in [-0.25, -0.2) is 0 Å². The topological polar surface area (TPSA) is 81.7 Å². The lowest BCUT2D eigenvalue weighted by Gasteiger charge is -2.27. The van der Waals surface area contributed by atoms with E-state index in [4.69, 9.17) is 5.11 Å². The van der Waals surface area contributed by atoms with Crippen LogP contribution in [-0.2, 0) is 9.59 Å². The Kier molecular flexibility index (Phi) is 6.07. The Morgan fingerprint density at radius 3 is 2.83 bits per heavy atom. The van der Waals surface area contributed by atoms with Crippen molar-refractivity contribution in [3.63, 3.8) is 0 Å². The molecule has 2 amide bonds. The van der Waals surface area contributed by atoms with Crippen molar-refractivity contribution in [3.05, 3.63) is 0 Å². The van der Waals surface area contributed by atoms with Crippen molar-refractivity contribution in [2.24, 2.45) is 5.92 Å². The minimum Gasteiger partial charge on any atom is -0.396 e. The smallest absolute Gasteiger partial charge is 0.234 e. The van der Waals surface area contributed by atoms with E-state index < -0.39 is 0 Å². The molecule has 1 aliphatic rings. The van der Waals surface area contributed by atoms with E-state index in [9.17, 15) is 9.59 Å². The van der Waals surface area contributed by atoms with Crippen LogP contribution in [0.4, 0.5) is 0 Å². The highest BCUT2D eigenvalue weighted by molar-refractivity contribution is 5.81. The predicted octanol–water partition coefficient (Wildman–Crippen LogP) is -1.06. The first-order valence-corrected chi connectivity index (χ1v) is 6.42. The highest BCUT2D eigenvalue weighted by Crippen LogP contribution is 2.05. The third-order valence-corrected chi connectivity index (χ3v) is 3.08. The molecular formula is C12H23N3O3. The van der Waals surface area contributed by atoms with Gasteiger partial charge in [-0.1, -0.05) is 13.8 Å². The Labute approximate surface area is 108 Å². The summed E-state index contributed by atoms with van der Waals surface area (Å²) in [5, 5.41) is 14.6. The number of nitrogens with one attached hydrogen (secondary N) is 2. The maximum Gasteiger partial charge on any atom is 0.234 e. The van der Waals surface area contributed by atoms with Crippen LogP contribution in [0.15, 0.2) is 0 Å². The highest BCUT2D eigenvalue weighted by atomic mass is 16.3. The maximum atomic E-state index is 11.8. The number of amides is 2. The molecule has 3 N–H and O–H groups in total. The molecule has 1 atom stereocenters. The molecule has 1 fully saturated rings. The minimum atomic E-state index is -0.0862. The third kappa shape index (κ3) is 5.01. The van der Waals surface area contributed by atoms with E-state index in [1.807, 2.05) is 18.7 Å². The molecule has 0 aromatic carbocycles. The molecule has 1 heterocycles. The molecule has 6 nitrogen and oxygen atoms in total. The van der Waals surface area contributed by atoms with Crippen molar-refractivity contribution < 1.29 is 14.7 Å². The first-order valence-electron chi connectivity index (χ1n) is 6.42. The summed E-state index contributed by atoms with van der Waals surface area (Å²) < 4.78 is 0. The zero-order valence-electron chi connectivity index (χ0n) is 11.1. The van der Waals surface area contributed by atoms with Crippen LogP contribution in [0.2, 0.25) is 0 Å². The summed E-state index contributed by atoms with van der Waals surface area (Å²) >= 11 is 0. The van der Waals surface area contributed by atoms with Crippen LogP contribution in [-0.4, -0.2) is 60.6 Å². The van der Waals surface area contributed by atoms with E-state index in [0.717, 1.165) is 0 Å². The number of aliphatic hydroxyl groups excluding tert-OH is 1. The van der Waals surface area contributed by atoms with Gasteiger partial charge in [0.05, 0.1) is 13.1 Å². The lowest BCUT2D eigenvalue weighted by molar-refractivity contribution is -0.127. The third-order valence-electron chi connectivity index (χ3n) is 3.08. The standard InChI is InChI=1S/C12H23N3O3/c1-9(2)10(3-6-16)14-12(18)8-15-5-4-13-11(17)7-15/h9-10,16H,3-8H2,1-2H3,(H,13,17)(H,14,18). The molecule has 0 aliphatic carbocycles. The molecule has 1 rings (SSSR count). The monoisotopic (exact) mass is 257 g/mol. The van der Waals surface area contributed by atoms with Gasteiger partial charge in [0, 0.05) is 25.7 Å². The normalized spacial score (nSPS) is 18.6. The van der Waals surface area contributed by atoms with Crippen molar-refractivity contribution >= 4 is 11.8 Å². The Hall–Kier alpha value is -1.14. The SMILES string of the molecule is CC(C)C(CCO)NC(=O)CN1CCNC(=O)C1. The summed E-state index contributed by atoms with van der Waals surface area (Å²) in [7, 11) is 0. The Balaban J connectivity index is 2.37. The van der Waals surface area contributed by atoms with Gasteiger partial charge in [-0.05, 0) is 12.3 Å². The first-order chi connectivity index (χ1) is 8.52. The number of nitrogens with zero attached hydrogens (tertiary/aromatic N) is 1. The second kappa shape index (κ2) is 7.33. The predicted molar refractivity (Wildman–Crippen MR) is 67.9 cm³/mol. The number of aliphatic hydroxyl groups is 1. The summed E-state index contributed by atoms with van der Waals surface area (Å²) in [4.78, 5) is 24.8. The molecule has 0 saturated carbocycles. The fraction of sp³-hybridized carbons (Fsp3) is 0.833. The van der Waals surface area contributed by atoms with Crippen LogP contribution in [0, 0.1) is 5.92 Å². The van der Waals surface area contributed by atoms with Gasteiger partial charge in [-0.3, -0.25) is 14.5 Å². The molecule has 1 aliphatic heterocycles. The molecule has 1 saturated heterocycles. The fourth-order valence-corrected chi connectivity index (χ4v) is 1.99. The van der Waals surface area contributed by atoms with Gasteiger partial charge in [0.25, 0.3) is 0 Å². The summed E-state index contributed by atoms with van der Waals surface area (Å²) in [5.41, 5.74) is 0. The van der Waals surface area contributed by atoms with E-state index in [-0.39, 0.29) is 43.5 Å². The van der Waals surface area contributed by atoms with Gasteiger partial charge in [0.1, 0.15) is 0 Å². The van der Waals surface area contributed by atoms with Gasteiger partial charge in [-0.15, -0.1) is 0 Å². The van der Waals surface area contributed by atoms with E-state index in [1.54, 1.807) is 0 Å². The van der Waals surface area contributed by atoms with Crippen LogP contribution >= 0.6 is 0 Å². The summed E-state index contributed by atoms with van der Waals surface area (Å²) in [5.74, 6) is 0.160. The van der Waals surface area contributed by atoms with Crippen molar-refractivity contribution in [1.82, 2.24) is 15.5 Å². The average Bonchev–Trinajstić information content (AvgIpc) is 2.28. The van der Waals surface area contributed by atoms with Crippen molar-refractivity contribution in [2.45, 2.75) is 26.3 Å². The van der Waals surface area contributed by atoms with Crippen LogP contribution in [0.25, 0.3) is 0 Å². The molecule has 18 heavy (non-hydrogen) atoms. The van der Waals surface area contributed by atoms with Gasteiger partial charge >= 0.3 is 0 Å². The van der Waals surface area contributed by atoms with Crippen molar-refractivity contribution in [1.29, 1.82) is 0 Å². The molecule has 0 spiro atoms. The largest absolute Gasteiger partial charge is 0.396 e. The number of hydrogen-bond acceptors (Lipinski definition) is 4. The number of piperazine rings is 1. The molecule has 0 aromatic rings. The van der Waals surface area contributed by atoms with Gasteiger partial charge in [0.2, 0.25) is 11.8 Å². The average molecular weight is 257 g/mol. The van der Waals surface area contributed by atoms with Crippen molar-refractivity contribution in [2.75, 3.05) is 32.8 Å². The fourth-order valence-electron chi connectivity index (χ4n) is 1.99. The van der Waals surface area contributed by atoms with E-state index in [1.165, 1.54) is 0 Å². The summed E-state index contributed by atoms with van der Waals surface area (Å²) in [6, 6.07) is -0.0129. The zero-order valence-corrected chi connectivity index (χ0v) is 11.1. The summed E-state index contributed by atoms with van der Waals surface area (Å²) in [6.45, 7) is 5.89. The Bertz CT molecular complexity index is 294.